The molecule has 2 unspecified atom stereocenters. The zero-order valence-electron chi connectivity index (χ0n) is 23.9. The Morgan fingerprint density at radius 3 is 2.27 bits per heavy atom. The highest BCUT2D eigenvalue weighted by atomic mass is 35.5. The molecule has 41 heavy (non-hydrogen) atoms. The molecule has 0 radical (unpaired) electrons. The van der Waals surface area contributed by atoms with Gasteiger partial charge in [0.15, 0.2) is 0 Å². The maximum absolute atomic E-state index is 13.6. The van der Waals surface area contributed by atoms with Crippen LogP contribution in [0.3, 0.4) is 0 Å². The molecular formula is C29H36ClFN4O5S. The van der Waals surface area contributed by atoms with E-state index in [0.717, 1.165) is 17.4 Å². The molecule has 1 N–H and O–H groups in total. The lowest BCUT2D eigenvalue weighted by molar-refractivity contribution is -0.140. The zero-order chi connectivity index (χ0) is 30.1. The molecular weight excluding hydrogens is 571 g/mol. The molecule has 2 bridgehead atoms. The minimum atomic E-state index is -3.58. The van der Waals surface area contributed by atoms with E-state index in [0.29, 0.717) is 43.3 Å². The van der Waals surface area contributed by atoms with Crippen LogP contribution in [0, 0.1) is 12.7 Å². The number of benzene rings is 2. The quantitative estimate of drug-likeness (QED) is 0.486. The number of aryl methyl sites for hydroxylation is 1. The Balaban J connectivity index is 1.57. The van der Waals surface area contributed by atoms with Gasteiger partial charge < -0.3 is 14.5 Å². The average Bonchev–Trinajstić information content (AvgIpc) is 2.83. The smallest absolute Gasteiger partial charge is 0.410 e. The number of anilines is 1. The number of piperazine rings is 2. The SMILES string of the molecule is Cc1cc(/C=C/C(=O)N2C3CN(Cc4ccc(F)cc4)CC2CN(C(=O)OC(C)(C)C)C3)c(NS(C)(=O)=O)cc1Cl. The number of halogens is 2. The van der Waals surface area contributed by atoms with Crippen LogP contribution in [0.25, 0.3) is 6.08 Å². The topological polar surface area (TPSA) is 99.3 Å². The van der Waals surface area contributed by atoms with Crippen LogP contribution in [0.2, 0.25) is 5.02 Å². The van der Waals surface area contributed by atoms with Gasteiger partial charge in [0.25, 0.3) is 0 Å². The number of nitrogens with one attached hydrogen (secondary N) is 1. The second kappa shape index (κ2) is 12.0. The van der Waals surface area contributed by atoms with Crippen LogP contribution in [0.5, 0.6) is 0 Å². The molecule has 222 valence electrons. The molecule has 12 heteroatoms. The molecule has 0 aromatic heterocycles. The number of sulfonamides is 1. The summed E-state index contributed by atoms with van der Waals surface area (Å²) in [6.07, 6.45) is 3.62. The van der Waals surface area contributed by atoms with E-state index in [2.05, 4.69) is 9.62 Å². The van der Waals surface area contributed by atoms with E-state index in [4.69, 9.17) is 16.3 Å². The fourth-order valence-corrected chi connectivity index (χ4v) is 5.95. The van der Waals surface area contributed by atoms with Crippen molar-refractivity contribution >= 4 is 45.4 Å². The molecule has 2 aromatic rings. The first-order chi connectivity index (χ1) is 19.1. The number of rotatable bonds is 6. The van der Waals surface area contributed by atoms with Gasteiger partial charge in [0.1, 0.15) is 11.4 Å². The highest BCUT2D eigenvalue weighted by Crippen LogP contribution is 2.29. The second-order valence-electron chi connectivity index (χ2n) is 11.7. The number of hydrogen-bond donors (Lipinski definition) is 1. The van der Waals surface area contributed by atoms with Crippen LogP contribution in [0.15, 0.2) is 42.5 Å². The maximum Gasteiger partial charge on any atom is 0.410 e. The van der Waals surface area contributed by atoms with Crippen molar-refractivity contribution in [3.05, 3.63) is 70.0 Å². The summed E-state index contributed by atoms with van der Waals surface area (Å²) in [5, 5.41) is 0.397. The van der Waals surface area contributed by atoms with Crippen molar-refractivity contribution in [3.8, 4) is 0 Å². The highest BCUT2D eigenvalue weighted by molar-refractivity contribution is 7.92. The van der Waals surface area contributed by atoms with Crippen molar-refractivity contribution in [1.82, 2.24) is 14.7 Å². The van der Waals surface area contributed by atoms with Gasteiger partial charge in [-0.15, -0.1) is 0 Å². The third-order valence-corrected chi connectivity index (χ3v) is 7.84. The monoisotopic (exact) mass is 606 g/mol. The standard InChI is InChI=1S/C29H36ClFN4O5S/c1-19-12-21(26(13-25(19)30)32-41(5,38)39)8-11-27(36)35-23-15-33(14-20-6-9-22(31)10-7-20)16-24(35)18-34(17-23)28(37)40-29(2,3)4/h6-13,23-24,32H,14-18H2,1-5H3/b11-8+. The third-order valence-electron chi connectivity index (χ3n) is 6.84. The first-order valence-electron chi connectivity index (χ1n) is 13.3. The molecule has 2 saturated heterocycles. The third kappa shape index (κ3) is 8.21. The van der Waals surface area contributed by atoms with Gasteiger partial charge in [-0.3, -0.25) is 14.4 Å². The van der Waals surface area contributed by atoms with Gasteiger partial charge >= 0.3 is 6.09 Å². The van der Waals surface area contributed by atoms with Crippen LogP contribution in [-0.4, -0.2) is 85.2 Å². The lowest BCUT2D eigenvalue weighted by Crippen LogP contribution is -2.70. The molecule has 2 aliphatic rings. The summed E-state index contributed by atoms with van der Waals surface area (Å²) in [5.41, 5.74) is 1.81. The molecule has 0 aliphatic carbocycles. The number of ether oxygens (including phenoxy) is 1. The van der Waals surface area contributed by atoms with Gasteiger partial charge in [-0.25, -0.2) is 17.6 Å². The van der Waals surface area contributed by atoms with Gasteiger partial charge in [0, 0.05) is 43.8 Å². The van der Waals surface area contributed by atoms with Crippen molar-refractivity contribution in [1.29, 1.82) is 0 Å². The largest absolute Gasteiger partial charge is 0.444 e. The molecule has 0 spiro atoms. The van der Waals surface area contributed by atoms with E-state index >= 15 is 0 Å². The summed E-state index contributed by atoms with van der Waals surface area (Å²) in [6, 6.07) is 8.95. The van der Waals surface area contributed by atoms with Crippen molar-refractivity contribution in [2.45, 2.75) is 51.9 Å². The Hall–Kier alpha value is -3.15. The molecule has 4 rings (SSSR count). The van der Waals surface area contributed by atoms with Crippen LogP contribution in [-0.2, 0) is 26.1 Å². The Kier molecular flexibility index (Phi) is 9.01. The van der Waals surface area contributed by atoms with Crippen LogP contribution >= 0.6 is 11.6 Å². The fourth-order valence-electron chi connectivity index (χ4n) is 5.21. The normalized spacial score (nSPS) is 19.9. The van der Waals surface area contributed by atoms with Crippen molar-refractivity contribution in [2.24, 2.45) is 0 Å². The highest BCUT2D eigenvalue weighted by Gasteiger charge is 2.44. The first kappa shape index (κ1) is 30.8. The number of nitrogens with zero attached hydrogens (tertiary/aromatic N) is 3. The Bertz CT molecular complexity index is 1430. The summed E-state index contributed by atoms with van der Waals surface area (Å²) >= 11 is 6.22. The molecule has 0 saturated carbocycles. The van der Waals surface area contributed by atoms with Crippen molar-refractivity contribution in [3.63, 3.8) is 0 Å². The number of fused-ring (bicyclic) bond motifs is 2. The predicted octanol–water partition coefficient (Wildman–Crippen LogP) is 4.50. The van der Waals surface area contributed by atoms with E-state index in [9.17, 15) is 22.4 Å². The summed E-state index contributed by atoms with van der Waals surface area (Å²) < 4.78 is 45.3. The number of hydrogen-bond acceptors (Lipinski definition) is 6. The lowest BCUT2D eigenvalue weighted by Gasteiger charge is -2.52. The Morgan fingerprint density at radius 1 is 1.10 bits per heavy atom. The minimum absolute atomic E-state index is 0.247. The van der Waals surface area contributed by atoms with E-state index in [-0.39, 0.29) is 29.5 Å². The summed E-state index contributed by atoms with van der Waals surface area (Å²) in [4.78, 5) is 32.2. The minimum Gasteiger partial charge on any atom is -0.444 e. The first-order valence-corrected chi connectivity index (χ1v) is 15.6. The van der Waals surface area contributed by atoms with Crippen LogP contribution in [0.4, 0.5) is 14.9 Å². The van der Waals surface area contributed by atoms with Gasteiger partial charge in [-0.05, 0) is 74.7 Å². The number of amides is 2. The van der Waals surface area contributed by atoms with Crippen LogP contribution < -0.4 is 4.72 Å². The number of carbonyl (C=O) groups excluding carboxylic acids is 2. The molecule has 2 atom stereocenters. The molecule has 2 aromatic carbocycles. The molecule has 2 amide bonds. The fraction of sp³-hybridized carbons (Fsp3) is 0.448. The average molecular weight is 607 g/mol. The Morgan fingerprint density at radius 2 is 1.71 bits per heavy atom. The summed E-state index contributed by atoms with van der Waals surface area (Å²) in [5.74, 6) is -0.547. The lowest BCUT2D eigenvalue weighted by atomic mass is 9.99. The van der Waals surface area contributed by atoms with Gasteiger partial charge in [-0.2, -0.15) is 0 Å². The molecule has 2 fully saturated rings. The molecule has 2 aliphatic heterocycles. The second-order valence-corrected chi connectivity index (χ2v) is 13.8. The number of carbonyl (C=O) groups is 2. The van der Waals surface area contributed by atoms with E-state index in [1.807, 2.05) is 20.8 Å². The summed E-state index contributed by atoms with van der Waals surface area (Å²) in [7, 11) is -3.58. The van der Waals surface area contributed by atoms with Crippen LogP contribution in [0.1, 0.15) is 37.5 Å². The van der Waals surface area contributed by atoms with E-state index < -0.39 is 21.7 Å². The summed E-state index contributed by atoms with van der Waals surface area (Å²) in [6.45, 7) is 9.42. The predicted molar refractivity (Wildman–Crippen MR) is 158 cm³/mol. The van der Waals surface area contributed by atoms with Gasteiger partial charge in [0.2, 0.25) is 15.9 Å². The van der Waals surface area contributed by atoms with Crippen molar-refractivity contribution < 1.29 is 27.1 Å². The van der Waals surface area contributed by atoms with Gasteiger partial charge in [0.05, 0.1) is 24.0 Å². The van der Waals surface area contributed by atoms with Crippen molar-refractivity contribution in [2.75, 3.05) is 37.2 Å². The van der Waals surface area contributed by atoms with Gasteiger partial charge in [-0.1, -0.05) is 23.7 Å². The molecule has 9 nitrogen and oxygen atoms in total. The molecule has 2 heterocycles. The van der Waals surface area contributed by atoms with E-state index in [1.54, 1.807) is 41.0 Å². The van der Waals surface area contributed by atoms with E-state index in [1.165, 1.54) is 24.3 Å². The zero-order valence-corrected chi connectivity index (χ0v) is 25.4. The Labute approximate surface area is 245 Å². The maximum atomic E-state index is 13.6.